The number of ketones is 1. The van der Waals surface area contributed by atoms with Crippen LogP contribution in [0.3, 0.4) is 0 Å². The standard InChI is InChI=1S/C15H20FNO/c1-10-4-5-13(9-15(10)16)12(3)17-7-6-14(18)8-11(17)2/h4-5,9,11-12H,6-8H2,1-3H3. The van der Waals surface area contributed by atoms with E-state index in [0.717, 1.165) is 12.1 Å². The molecule has 0 N–H and O–H groups in total. The van der Waals surface area contributed by atoms with E-state index in [-0.39, 0.29) is 17.9 Å². The van der Waals surface area contributed by atoms with Crippen LogP contribution < -0.4 is 0 Å². The van der Waals surface area contributed by atoms with Crippen LogP contribution in [0.15, 0.2) is 18.2 Å². The van der Waals surface area contributed by atoms with Gasteiger partial charge in [0.1, 0.15) is 11.6 Å². The largest absolute Gasteiger partial charge is 0.300 e. The average molecular weight is 249 g/mol. The summed E-state index contributed by atoms with van der Waals surface area (Å²) in [6.45, 7) is 6.69. The number of halogens is 1. The summed E-state index contributed by atoms with van der Waals surface area (Å²) in [5.41, 5.74) is 1.66. The highest BCUT2D eigenvalue weighted by Crippen LogP contribution is 2.27. The number of aryl methyl sites for hydroxylation is 1. The maximum Gasteiger partial charge on any atom is 0.135 e. The Morgan fingerprint density at radius 3 is 2.78 bits per heavy atom. The first-order chi connectivity index (χ1) is 8.49. The third-order valence-corrected chi connectivity index (χ3v) is 3.91. The molecule has 2 rings (SSSR count). The minimum absolute atomic E-state index is 0.153. The van der Waals surface area contributed by atoms with Crippen LogP contribution in [0.2, 0.25) is 0 Å². The van der Waals surface area contributed by atoms with Crippen LogP contribution in [0, 0.1) is 12.7 Å². The summed E-state index contributed by atoms with van der Waals surface area (Å²) < 4.78 is 13.6. The second-order valence-electron chi connectivity index (χ2n) is 5.26. The van der Waals surface area contributed by atoms with E-state index in [1.165, 1.54) is 0 Å². The third kappa shape index (κ3) is 2.61. The van der Waals surface area contributed by atoms with Crippen LogP contribution in [-0.2, 0) is 4.79 Å². The van der Waals surface area contributed by atoms with Gasteiger partial charge in [-0.3, -0.25) is 9.69 Å². The SMILES string of the molecule is Cc1ccc(C(C)N2CCC(=O)CC2C)cc1F. The molecule has 0 amide bonds. The molecule has 1 aliphatic heterocycles. The molecule has 2 nitrogen and oxygen atoms in total. The lowest BCUT2D eigenvalue weighted by Gasteiger charge is -2.37. The van der Waals surface area contributed by atoms with Gasteiger partial charge in [0.05, 0.1) is 0 Å². The van der Waals surface area contributed by atoms with Crippen molar-refractivity contribution in [2.45, 2.75) is 45.7 Å². The predicted octanol–water partition coefficient (Wildman–Crippen LogP) is 3.25. The zero-order valence-electron chi connectivity index (χ0n) is 11.2. The number of piperidine rings is 1. The molecule has 1 fully saturated rings. The Labute approximate surface area is 108 Å². The topological polar surface area (TPSA) is 20.3 Å². The van der Waals surface area contributed by atoms with Crippen LogP contribution >= 0.6 is 0 Å². The first kappa shape index (κ1) is 13.2. The second kappa shape index (κ2) is 5.19. The maximum atomic E-state index is 13.6. The molecule has 98 valence electrons. The summed E-state index contributed by atoms with van der Waals surface area (Å²) >= 11 is 0. The van der Waals surface area contributed by atoms with Crippen molar-refractivity contribution in [1.29, 1.82) is 0 Å². The zero-order valence-corrected chi connectivity index (χ0v) is 11.2. The Balaban J connectivity index is 2.17. The summed E-state index contributed by atoms with van der Waals surface area (Å²) in [7, 11) is 0. The fourth-order valence-electron chi connectivity index (χ4n) is 2.66. The molecule has 0 radical (unpaired) electrons. The first-order valence-electron chi connectivity index (χ1n) is 6.52. The number of Topliss-reactive ketones (excluding diaryl/α,β-unsaturated/α-hetero) is 1. The summed E-state index contributed by atoms with van der Waals surface area (Å²) in [6, 6.07) is 5.81. The third-order valence-electron chi connectivity index (χ3n) is 3.91. The van der Waals surface area contributed by atoms with Crippen molar-refractivity contribution in [3.63, 3.8) is 0 Å². The summed E-state index contributed by atoms with van der Waals surface area (Å²) in [4.78, 5) is 13.7. The van der Waals surface area contributed by atoms with Crippen molar-refractivity contribution in [3.05, 3.63) is 35.1 Å². The molecule has 2 unspecified atom stereocenters. The van der Waals surface area contributed by atoms with Crippen molar-refractivity contribution in [2.75, 3.05) is 6.54 Å². The molecule has 1 heterocycles. The van der Waals surface area contributed by atoms with Crippen LogP contribution in [-0.4, -0.2) is 23.3 Å². The molecule has 0 spiro atoms. The molecule has 1 aromatic carbocycles. The predicted molar refractivity (Wildman–Crippen MR) is 70.0 cm³/mol. The van der Waals surface area contributed by atoms with Crippen molar-refractivity contribution >= 4 is 5.78 Å². The Bertz CT molecular complexity index is 458. The van der Waals surface area contributed by atoms with Gasteiger partial charge in [0.25, 0.3) is 0 Å². The summed E-state index contributed by atoms with van der Waals surface area (Å²) in [5.74, 6) is 0.182. The van der Waals surface area contributed by atoms with Gasteiger partial charge in [-0.1, -0.05) is 12.1 Å². The van der Waals surface area contributed by atoms with Gasteiger partial charge in [0.2, 0.25) is 0 Å². The highest BCUT2D eigenvalue weighted by atomic mass is 19.1. The normalized spacial score (nSPS) is 23.1. The van der Waals surface area contributed by atoms with E-state index in [0.29, 0.717) is 24.2 Å². The van der Waals surface area contributed by atoms with Crippen molar-refractivity contribution < 1.29 is 9.18 Å². The lowest BCUT2D eigenvalue weighted by Crippen LogP contribution is -2.42. The molecule has 1 saturated heterocycles. The molecule has 1 aromatic rings. The Morgan fingerprint density at radius 2 is 2.17 bits per heavy atom. The van der Waals surface area contributed by atoms with E-state index in [2.05, 4.69) is 18.7 Å². The maximum absolute atomic E-state index is 13.6. The quantitative estimate of drug-likeness (QED) is 0.802. The zero-order chi connectivity index (χ0) is 13.3. The molecular formula is C15H20FNO. The second-order valence-corrected chi connectivity index (χ2v) is 5.26. The van der Waals surface area contributed by atoms with Gasteiger partial charge in [-0.2, -0.15) is 0 Å². The number of likely N-dealkylation sites (tertiary alicyclic amines) is 1. The highest BCUT2D eigenvalue weighted by molar-refractivity contribution is 5.79. The number of rotatable bonds is 2. The summed E-state index contributed by atoms with van der Waals surface area (Å²) in [6.07, 6.45) is 1.22. The molecule has 0 aromatic heterocycles. The van der Waals surface area contributed by atoms with Crippen LogP contribution in [0.1, 0.15) is 43.9 Å². The molecule has 0 bridgehead atoms. The Morgan fingerprint density at radius 1 is 1.44 bits per heavy atom. The first-order valence-corrected chi connectivity index (χ1v) is 6.52. The Hall–Kier alpha value is -1.22. The fourth-order valence-corrected chi connectivity index (χ4v) is 2.66. The highest BCUT2D eigenvalue weighted by Gasteiger charge is 2.27. The van der Waals surface area contributed by atoms with E-state index in [9.17, 15) is 9.18 Å². The summed E-state index contributed by atoms with van der Waals surface area (Å²) in [5, 5.41) is 0. The van der Waals surface area contributed by atoms with Crippen molar-refractivity contribution in [2.24, 2.45) is 0 Å². The lowest BCUT2D eigenvalue weighted by atomic mass is 9.97. The van der Waals surface area contributed by atoms with Crippen molar-refractivity contribution in [1.82, 2.24) is 4.90 Å². The van der Waals surface area contributed by atoms with Gasteiger partial charge in [-0.15, -0.1) is 0 Å². The molecule has 18 heavy (non-hydrogen) atoms. The number of carbonyl (C=O) groups is 1. The van der Waals surface area contributed by atoms with E-state index in [4.69, 9.17) is 0 Å². The van der Waals surface area contributed by atoms with E-state index in [1.54, 1.807) is 13.0 Å². The van der Waals surface area contributed by atoms with Crippen LogP contribution in [0.4, 0.5) is 4.39 Å². The van der Waals surface area contributed by atoms with Gasteiger partial charge in [-0.05, 0) is 38.0 Å². The molecule has 0 aliphatic carbocycles. The number of hydrogen-bond acceptors (Lipinski definition) is 2. The van der Waals surface area contributed by atoms with Crippen LogP contribution in [0.25, 0.3) is 0 Å². The lowest BCUT2D eigenvalue weighted by molar-refractivity contribution is -0.123. The minimum Gasteiger partial charge on any atom is -0.300 e. The van der Waals surface area contributed by atoms with Gasteiger partial charge in [0, 0.05) is 31.5 Å². The van der Waals surface area contributed by atoms with Gasteiger partial charge < -0.3 is 0 Å². The molecule has 0 saturated carbocycles. The van der Waals surface area contributed by atoms with E-state index in [1.807, 2.05) is 12.1 Å². The van der Waals surface area contributed by atoms with E-state index >= 15 is 0 Å². The molecule has 1 aliphatic rings. The Kier molecular flexibility index (Phi) is 3.81. The van der Waals surface area contributed by atoms with Crippen LogP contribution in [0.5, 0.6) is 0 Å². The number of nitrogens with zero attached hydrogens (tertiary/aromatic N) is 1. The van der Waals surface area contributed by atoms with Crippen molar-refractivity contribution in [3.8, 4) is 0 Å². The number of benzene rings is 1. The average Bonchev–Trinajstić information content (AvgIpc) is 2.32. The van der Waals surface area contributed by atoms with Gasteiger partial charge in [-0.25, -0.2) is 4.39 Å². The van der Waals surface area contributed by atoms with Gasteiger partial charge in [0.15, 0.2) is 0 Å². The molecule has 2 atom stereocenters. The molecule has 3 heteroatoms. The number of hydrogen-bond donors (Lipinski definition) is 0. The minimum atomic E-state index is -0.153. The van der Waals surface area contributed by atoms with Gasteiger partial charge >= 0.3 is 0 Å². The smallest absolute Gasteiger partial charge is 0.135 e. The van der Waals surface area contributed by atoms with E-state index < -0.39 is 0 Å². The monoisotopic (exact) mass is 249 g/mol. The number of carbonyl (C=O) groups excluding carboxylic acids is 1. The molecular weight excluding hydrogens is 229 g/mol. The fraction of sp³-hybridized carbons (Fsp3) is 0.533.